The molecular weight excluding hydrogens is 240 g/mol. The van der Waals surface area contributed by atoms with E-state index in [1.54, 1.807) is 4.57 Å². The lowest BCUT2D eigenvalue weighted by atomic mass is 10.0. The van der Waals surface area contributed by atoms with Crippen molar-refractivity contribution in [1.29, 1.82) is 0 Å². The Morgan fingerprint density at radius 2 is 2.00 bits per heavy atom. The van der Waals surface area contributed by atoms with Gasteiger partial charge in [-0.3, -0.25) is 0 Å². The molecule has 1 aromatic rings. The van der Waals surface area contributed by atoms with Gasteiger partial charge in [0.1, 0.15) is 5.82 Å². The van der Waals surface area contributed by atoms with Crippen molar-refractivity contribution in [3.05, 3.63) is 5.82 Å². The summed E-state index contributed by atoms with van der Waals surface area (Å²) in [4.78, 5) is 0. The van der Waals surface area contributed by atoms with Gasteiger partial charge >= 0.3 is 0 Å². The van der Waals surface area contributed by atoms with Gasteiger partial charge in [-0.05, 0) is 12.8 Å². The second-order valence-corrected chi connectivity index (χ2v) is 6.00. The number of nitrogens with zero attached hydrogens (tertiary/aromatic N) is 3. The number of rotatable bonds is 4. The molecule has 0 aliphatic heterocycles. The number of hydrogen-bond acceptors (Lipinski definition) is 4. The molecule has 0 amide bonds. The Kier molecular flexibility index (Phi) is 3.48. The van der Waals surface area contributed by atoms with Gasteiger partial charge in [-0.15, -0.1) is 10.2 Å². The van der Waals surface area contributed by atoms with E-state index in [1.807, 2.05) is 6.92 Å². The summed E-state index contributed by atoms with van der Waals surface area (Å²) >= 11 is 0. The zero-order valence-corrected chi connectivity index (χ0v) is 10.8. The topological polar surface area (TPSA) is 90.9 Å². The highest BCUT2D eigenvalue weighted by atomic mass is 32.2. The minimum Gasteiger partial charge on any atom is -0.301 e. The molecule has 96 valence electrons. The standard InChI is InChI=1S/C10H18N4O2S/c1-2-14-9(7-8-5-3-4-6-8)12-13-10(14)17(11,15)16/h8H,2-7H2,1H3,(H2,11,15,16). The first kappa shape index (κ1) is 12.5. The van der Waals surface area contributed by atoms with Crippen LogP contribution in [0.2, 0.25) is 0 Å². The average molecular weight is 258 g/mol. The number of primary sulfonamides is 1. The molecule has 0 bridgehead atoms. The second kappa shape index (κ2) is 4.73. The van der Waals surface area contributed by atoms with E-state index in [2.05, 4.69) is 10.2 Å². The van der Waals surface area contributed by atoms with Crippen LogP contribution in [0.3, 0.4) is 0 Å². The molecule has 0 radical (unpaired) electrons. The second-order valence-electron chi connectivity index (χ2n) is 4.54. The number of aromatic nitrogens is 3. The van der Waals surface area contributed by atoms with Gasteiger partial charge in [0.2, 0.25) is 0 Å². The molecule has 0 saturated heterocycles. The maximum atomic E-state index is 11.3. The molecule has 0 aromatic carbocycles. The van der Waals surface area contributed by atoms with Gasteiger partial charge in [0, 0.05) is 13.0 Å². The molecule has 0 unspecified atom stereocenters. The number of sulfonamides is 1. The van der Waals surface area contributed by atoms with Crippen LogP contribution in [-0.2, 0) is 23.0 Å². The van der Waals surface area contributed by atoms with Crippen molar-refractivity contribution in [2.75, 3.05) is 0 Å². The summed E-state index contributed by atoms with van der Waals surface area (Å²) in [5, 5.41) is 12.7. The number of nitrogens with two attached hydrogens (primary N) is 1. The predicted octanol–water partition coefficient (Wildman–Crippen LogP) is 0.678. The fourth-order valence-corrected chi connectivity index (χ4v) is 3.17. The van der Waals surface area contributed by atoms with E-state index in [0.29, 0.717) is 12.5 Å². The SMILES string of the molecule is CCn1c(CC2CCCC2)nnc1S(N)(=O)=O. The van der Waals surface area contributed by atoms with E-state index < -0.39 is 10.0 Å². The Hall–Kier alpha value is -0.950. The zero-order chi connectivity index (χ0) is 12.5. The van der Waals surface area contributed by atoms with Gasteiger partial charge in [-0.1, -0.05) is 25.7 Å². The maximum absolute atomic E-state index is 11.3. The van der Waals surface area contributed by atoms with E-state index in [1.165, 1.54) is 25.7 Å². The third kappa shape index (κ3) is 2.66. The van der Waals surface area contributed by atoms with E-state index in [0.717, 1.165) is 12.2 Å². The van der Waals surface area contributed by atoms with Crippen LogP contribution in [0.1, 0.15) is 38.4 Å². The van der Waals surface area contributed by atoms with Crippen LogP contribution in [0.15, 0.2) is 5.16 Å². The van der Waals surface area contributed by atoms with Crippen LogP contribution >= 0.6 is 0 Å². The first-order chi connectivity index (χ1) is 8.02. The fourth-order valence-electron chi connectivity index (χ4n) is 2.47. The third-order valence-corrected chi connectivity index (χ3v) is 4.12. The quantitative estimate of drug-likeness (QED) is 0.859. The summed E-state index contributed by atoms with van der Waals surface area (Å²) in [5.41, 5.74) is 0. The van der Waals surface area contributed by atoms with E-state index in [4.69, 9.17) is 5.14 Å². The minimum absolute atomic E-state index is 0.118. The van der Waals surface area contributed by atoms with E-state index in [9.17, 15) is 8.42 Å². The van der Waals surface area contributed by atoms with Gasteiger partial charge in [0.05, 0.1) is 0 Å². The molecule has 1 saturated carbocycles. The molecule has 1 heterocycles. The fraction of sp³-hybridized carbons (Fsp3) is 0.800. The summed E-state index contributed by atoms with van der Waals surface area (Å²) in [6, 6.07) is 0. The lowest BCUT2D eigenvalue weighted by Gasteiger charge is -2.10. The highest BCUT2D eigenvalue weighted by Crippen LogP contribution is 2.27. The molecule has 6 nitrogen and oxygen atoms in total. The van der Waals surface area contributed by atoms with Crippen LogP contribution in [0, 0.1) is 5.92 Å². The Bertz CT molecular complexity index is 488. The van der Waals surface area contributed by atoms with Gasteiger partial charge in [0.15, 0.2) is 0 Å². The monoisotopic (exact) mass is 258 g/mol. The number of hydrogen-bond donors (Lipinski definition) is 1. The first-order valence-corrected chi connectivity index (χ1v) is 7.52. The molecule has 0 atom stereocenters. The van der Waals surface area contributed by atoms with Crippen LogP contribution in [0.25, 0.3) is 0 Å². The molecule has 0 spiro atoms. The lowest BCUT2D eigenvalue weighted by molar-refractivity contribution is 0.502. The molecule has 2 rings (SSSR count). The van der Waals surface area contributed by atoms with Gasteiger partial charge in [-0.25, -0.2) is 13.6 Å². The van der Waals surface area contributed by atoms with Crippen LogP contribution in [0.5, 0.6) is 0 Å². The van der Waals surface area contributed by atoms with Crippen LogP contribution < -0.4 is 5.14 Å². The molecule has 17 heavy (non-hydrogen) atoms. The summed E-state index contributed by atoms with van der Waals surface area (Å²) in [7, 11) is -3.77. The van der Waals surface area contributed by atoms with Gasteiger partial charge in [0.25, 0.3) is 15.2 Å². The van der Waals surface area contributed by atoms with Crippen molar-refractivity contribution in [2.45, 2.75) is 50.7 Å². The van der Waals surface area contributed by atoms with E-state index in [-0.39, 0.29) is 5.16 Å². The summed E-state index contributed by atoms with van der Waals surface area (Å²) in [5.74, 6) is 1.35. The van der Waals surface area contributed by atoms with Crippen molar-refractivity contribution in [3.8, 4) is 0 Å². The van der Waals surface area contributed by atoms with Crippen molar-refractivity contribution in [1.82, 2.24) is 14.8 Å². The average Bonchev–Trinajstić information content (AvgIpc) is 2.85. The van der Waals surface area contributed by atoms with Crippen molar-refractivity contribution >= 4 is 10.0 Å². The third-order valence-electron chi connectivity index (χ3n) is 3.31. The Morgan fingerprint density at radius 1 is 1.35 bits per heavy atom. The Labute approximate surface area is 101 Å². The van der Waals surface area contributed by atoms with E-state index >= 15 is 0 Å². The molecule has 1 aromatic heterocycles. The first-order valence-electron chi connectivity index (χ1n) is 5.97. The maximum Gasteiger partial charge on any atom is 0.273 e. The van der Waals surface area contributed by atoms with Gasteiger partial charge < -0.3 is 4.57 Å². The van der Waals surface area contributed by atoms with Crippen LogP contribution in [-0.4, -0.2) is 23.2 Å². The normalized spacial score (nSPS) is 17.8. The molecule has 1 fully saturated rings. The van der Waals surface area contributed by atoms with Crippen molar-refractivity contribution in [2.24, 2.45) is 11.1 Å². The summed E-state index contributed by atoms with van der Waals surface area (Å²) in [6.45, 7) is 2.40. The minimum atomic E-state index is -3.77. The highest BCUT2D eigenvalue weighted by molar-refractivity contribution is 7.89. The summed E-state index contributed by atoms with van der Waals surface area (Å²) in [6.07, 6.45) is 5.71. The smallest absolute Gasteiger partial charge is 0.273 e. The van der Waals surface area contributed by atoms with Crippen molar-refractivity contribution < 1.29 is 8.42 Å². The molecular formula is C10H18N4O2S. The molecule has 2 N–H and O–H groups in total. The largest absolute Gasteiger partial charge is 0.301 e. The molecule has 1 aliphatic rings. The summed E-state index contributed by atoms with van der Waals surface area (Å²) < 4.78 is 24.2. The Morgan fingerprint density at radius 3 is 2.53 bits per heavy atom. The van der Waals surface area contributed by atoms with Crippen LogP contribution in [0.4, 0.5) is 0 Å². The predicted molar refractivity (Wildman–Crippen MR) is 62.7 cm³/mol. The van der Waals surface area contributed by atoms with Gasteiger partial charge in [-0.2, -0.15) is 0 Å². The zero-order valence-electron chi connectivity index (χ0n) is 9.96. The molecule has 1 aliphatic carbocycles. The Balaban J connectivity index is 2.25. The highest BCUT2D eigenvalue weighted by Gasteiger charge is 2.23. The molecule has 7 heteroatoms. The van der Waals surface area contributed by atoms with Crippen molar-refractivity contribution in [3.63, 3.8) is 0 Å². The lowest BCUT2D eigenvalue weighted by Crippen LogP contribution is -2.19.